The molecule has 0 spiro atoms. The molecular formula is C20H16FNO3S. The predicted molar refractivity (Wildman–Crippen MR) is 102 cm³/mol. The van der Waals surface area contributed by atoms with Crippen LogP contribution in [-0.4, -0.2) is 22.7 Å². The third-order valence-electron chi connectivity index (χ3n) is 3.51. The van der Waals surface area contributed by atoms with Gasteiger partial charge in [0.2, 0.25) is 0 Å². The summed E-state index contributed by atoms with van der Waals surface area (Å²) in [7, 11) is 0. The van der Waals surface area contributed by atoms with Crippen LogP contribution in [-0.2, 0) is 9.53 Å². The van der Waals surface area contributed by atoms with Crippen LogP contribution in [0.25, 0.3) is 6.08 Å². The first-order chi connectivity index (χ1) is 12.6. The number of aliphatic imine (C=N–C) groups is 1. The van der Waals surface area contributed by atoms with Gasteiger partial charge >= 0.3 is 5.97 Å². The topological polar surface area (TPSA) is 58.9 Å². The maximum Gasteiger partial charge on any atom is 0.344 e. The largest absolute Gasteiger partial charge is 0.506 e. The van der Waals surface area contributed by atoms with E-state index in [-0.39, 0.29) is 23.0 Å². The first-order valence-electron chi connectivity index (χ1n) is 7.98. The molecule has 132 valence electrons. The SMILES string of the molecule is CCOC(=O)C1=C(O)/C(=C\c2ccccc2)SC1=Nc1cccc(F)c1. The molecule has 0 radical (unpaired) electrons. The van der Waals surface area contributed by atoms with Crippen LogP contribution in [0.3, 0.4) is 0 Å². The van der Waals surface area contributed by atoms with Crippen molar-refractivity contribution < 1.29 is 19.0 Å². The van der Waals surface area contributed by atoms with Crippen LogP contribution in [0.4, 0.5) is 10.1 Å². The van der Waals surface area contributed by atoms with Crippen molar-refractivity contribution in [2.75, 3.05) is 6.61 Å². The van der Waals surface area contributed by atoms with Crippen LogP contribution in [0.1, 0.15) is 12.5 Å². The summed E-state index contributed by atoms with van der Waals surface area (Å²) < 4.78 is 18.5. The maximum atomic E-state index is 13.4. The summed E-state index contributed by atoms with van der Waals surface area (Å²) in [6.07, 6.45) is 1.76. The van der Waals surface area contributed by atoms with Crippen molar-refractivity contribution in [3.63, 3.8) is 0 Å². The van der Waals surface area contributed by atoms with Crippen molar-refractivity contribution in [2.45, 2.75) is 6.92 Å². The van der Waals surface area contributed by atoms with Gasteiger partial charge in [-0.05, 0) is 36.8 Å². The Morgan fingerprint density at radius 3 is 2.69 bits per heavy atom. The number of esters is 1. The second kappa shape index (κ2) is 8.01. The molecule has 0 fully saturated rings. The number of halogens is 1. The number of thioether (sulfide) groups is 1. The number of carbonyl (C=O) groups is 1. The lowest BCUT2D eigenvalue weighted by molar-refractivity contribution is -0.138. The van der Waals surface area contributed by atoms with Gasteiger partial charge in [-0.3, -0.25) is 0 Å². The number of rotatable bonds is 4. The van der Waals surface area contributed by atoms with Crippen LogP contribution >= 0.6 is 11.8 Å². The first kappa shape index (κ1) is 17.9. The van der Waals surface area contributed by atoms with E-state index in [2.05, 4.69) is 4.99 Å². The number of ether oxygens (including phenoxy) is 1. The van der Waals surface area contributed by atoms with E-state index in [1.807, 2.05) is 30.3 Å². The molecule has 0 aromatic heterocycles. The summed E-state index contributed by atoms with van der Waals surface area (Å²) in [5.41, 5.74) is 1.21. The van der Waals surface area contributed by atoms with Gasteiger partial charge in [-0.25, -0.2) is 14.2 Å². The van der Waals surface area contributed by atoms with Crippen LogP contribution in [0.2, 0.25) is 0 Å². The molecule has 2 aromatic carbocycles. The van der Waals surface area contributed by atoms with Gasteiger partial charge in [0.1, 0.15) is 22.2 Å². The summed E-state index contributed by atoms with van der Waals surface area (Å²) >= 11 is 1.14. The average Bonchev–Trinajstić information content (AvgIpc) is 2.91. The van der Waals surface area contributed by atoms with E-state index in [4.69, 9.17) is 4.74 Å². The summed E-state index contributed by atoms with van der Waals surface area (Å²) in [5, 5.41) is 10.8. The number of hydrogen-bond acceptors (Lipinski definition) is 5. The zero-order valence-electron chi connectivity index (χ0n) is 14.0. The molecule has 0 atom stereocenters. The second-order valence-corrected chi connectivity index (χ2v) is 6.39. The van der Waals surface area contributed by atoms with Crippen LogP contribution in [0.5, 0.6) is 0 Å². The predicted octanol–water partition coefficient (Wildman–Crippen LogP) is 5.02. The molecule has 1 N–H and O–H groups in total. The summed E-state index contributed by atoms with van der Waals surface area (Å²) in [6, 6.07) is 15.1. The van der Waals surface area contributed by atoms with Gasteiger partial charge in [-0.1, -0.05) is 48.2 Å². The van der Waals surface area contributed by atoms with Crippen molar-refractivity contribution in [3.05, 3.63) is 82.2 Å². The molecule has 6 heteroatoms. The van der Waals surface area contributed by atoms with Gasteiger partial charge in [0, 0.05) is 0 Å². The number of hydrogen-bond donors (Lipinski definition) is 1. The third-order valence-corrected chi connectivity index (χ3v) is 4.53. The van der Waals surface area contributed by atoms with Crippen LogP contribution < -0.4 is 0 Å². The molecule has 0 amide bonds. The van der Waals surface area contributed by atoms with E-state index in [1.165, 1.54) is 18.2 Å². The lowest BCUT2D eigenvalue weighted by Gasteiger charge is -2.03. The highest BCUT2D eigenvalue weighted by molar-refractivity contribution is 8.18. The Hall–Kier alpha value is -2.86. The standard InChI is InChI=1S/C20H16FNO3S/c1-2-25-20(24)17-18(23)16(11-13-7-4-3-5-8-13)26-19(17)22-15-10-6-9-14(21)12-15/h3-12,23H,2H2,1H3/b16-11+,22-19?. The molecule has 0 saturated carbocycles. The molecule has 2 aromatic rings. The molecule has 1 aliphatic rings. The van der Waals surface area contributed by atoms with E-state index in [0.29, 0.717) is 10.6 Å². The van der Waals surface area contributed by atoms with Crippen molar-refractivity contribution in [2.24, 2.45) is 4.99 Å². The molecular weight excluding hydrogens is 353 g/mol. The summed E-state index contributed by atoms with van der Waals surface area (Å²) in [4.78, 5) is 17.1. The highest BCUT2D eigenvalue weighted by Crippen LogP contribution is 2.40. The number of nitrogens with zero attached hydrogens (tertiary/aromatic N) is 1. The Labute approximate surface area is 154 Å². The fourth-order valence-corrected chi connectivity index (χ4v) is 3.39. The second-order valence-electron chi connectivity index (χ2n) is 5.36. The Morgan fingerprint density at radius 2 is 2.00 bits per heavy atom. The minimum Gasteiger partial charge on any atom is -0.506 e. The van der Waals surface area contributed by atoms with E-state index < -0.39 is 11.8 Å². The molecule has 0 unspecified atom stereocenters. The fourth-order valence-electron chi connectivity index (χ4n) is 2.36. The average molecular weight is 369 g/mol. The maximum absolute atomic E-state index is 13.4. The highest BCUT2D eigenvalue weighted by Gasteiger charge is 2.33. The van der Waals surface area contributed by atoms with Gasteiger partial charge in [0.25, 0.3) is 0 Å². The molecule has 0 saturated heterocycles. The summed E-state index contributed by atoms with van der Waals surface area (Å²) in [5.74, 6) is -1.28. The molecule has 0 aliphatic carbocycles. The van der Waals surface area contributed by atoms with Gasteiger partial charge in [-0.2, -0.15) is 0 Å². The van der Waals surface area contributed by atoms with Crippen molar-refractivity contribution >= 4 is 34.5 Å². The number of carbonyl (C=O) groups excluding carboxylic acids is 1. The van der Waals surface area contributed by atoms with Crippen molar-refractivity contribution in [1.29, 1.82) is 0 Å². The molecule has 1 heterocycles. The molecule has 4 nitrogen and oxygen atoms in total. The van der Waals surface area contributed by atoms with Crippen LogP contribution in [0, 0.1) is 5.82 Å². The Balaban J connectivity index is 2.04. The highest BCUT2D eigenvalue weighted by atomic mass is 32.2. The van der Waals surface area contributed by atoms with Crippen LogP contribution in [0.15, 0.2) is 75.8 Å². The first-order valence-corrected chi connectivity index (χ1v) is 8.80. The fraction of sp³-hybridized carbons (Fsp3) is 0.100. The zero-order chi connectivity index (χ0) is 18.5. The van der Waals surface area contributed by atoms with E-state index in [0.717, 1.165) is 17.3 Å². The Bertz CT molecular complexity index is 920. The quantitative estimate of drug-likeness (QED) is 0.769. The molecule has 0 bridgehead atoms. The number of aliphatic hydroxyl groups is 1. The monoisotopic (exact) mass is 369 g/mol. The molecule has 1 aliphatic heterocycles. The summed E-state index contributed by atoms with van der Waals surface area (Å²) in [6.45, 7) is 1.85. The minimum absolute atomic E-state index is 0.0108. The van der Waals surface area contributed by atoms with E-state index in [9.17, 15) is 14.3 Å². The lowest BCUT2D eigenvalue weighted by atomic mass is 10.1. The molecule has 3 rings (SSSR count). The van der Waals surface area contributed by atoms with Gasteiger partial charge in [0.05, 0.1) is 17.2 Å². The normalized spacial score (nSPS) is 17.2. The number of aliphatic hydroxyl groups excluding tert-OH is 1. The smallest absolute Gasteiger partial charge is 0.344 e. The van der Waals surface area contributed by atoms with Crippen molar-refractivity contribution in [3.8, 4) is 0 Å². The van der Waals surface area contributed by atoms with E-state index >= 15 is 0 Å². The van der Waals surface area contributed by atoms with Gasteiger partial charge < -0.3 is 9.84 Å². The third kappa shape index (κ3) is 4.03. The van der Waals surface area contributed by atoms with Gasteiger partial charge in [-0.15, -0.1) is 0 Å². The minimum atomic E-state index is -0.663. The zero-order valence-corrected chi connectivity index (χ0v) is 14.8. The number of benzene rings is 2. The lowest BCUT2D eigenvalue weighted by Crippen LogP contribution is -2.12. The molecule has 26 heavy (non-hydrogen) atoms. The van der Waals surface area contributed by atoms with E-state index in [1.54, 1.807) is 19.1 Å². The Kier molecular flexibility index (Phi) is 5.53. The Morgan fingerprint density at radius 1 is 1.23 bits per heavy atom. The van der Waals surface area contributed by atoms with Crippen molar-refractivity contribution in [1.82, 2.24) is 0 Å². The van der Waals surface area contributed by atoms with Gasteiger partial charge in [0.15, 0.2) is 0 Å².